The predicted molar refractivity (Wildman–Crippen MR) is 97.2 cm³/mol. The van der Waals surface area contributed by atoms with Gasteiger partial charge in [-0.3, -0.25) is 4.90 Å². The molecule has 1 aliphatic rings. The molecular weight excluding hydrogens is 298 g/mol. The molecule has 0 N–H and O–H groups in total. The first-order valence-electron chi connectivity index (χ1n) is 7.99. The van der Waals surface area contributed by atoms with Crippen molar-refractivity contribution in [2.24, 2.45) is 0 Å². The number of methoxy groups -OCH3 is 1. The molecule has 3 aromatic rings. The van der Waals surface area contributed by atoms with E-state index in [0.717, 1.165) is 34.3 Å². The van der Waals surface area contributed by atoms with Gasteiger partial charge in [-0.2, -0.15) is 0 Å². The number of nitrogens with zero attached hydrogens (tertiary/aromatic N) is 1. The molecular formula is C21H19NO2. The Kier molecular flexibility index (Phi) is 3.42. The monoisotopic (exact) mass is 317 g/mol. The first-order chi connectivity index (χ1) is 11.7. The molecule has 1 aliphatic heterocycles. The maximum atomic E-state index is 6.18. The van der Waals surface area contributed by atoms with Crippen molar-refractivity contribution in [2.45, 2.75) is 13.8 Å². The Morgan fingerprint density at radius 1 is 0.750 bits per heavy atom. The molecule has 24 heavy (non-hydrogen) atoms. The highest BCUT2D eigenvalue weighted by Gasteiger charge is 2.27. The molecule has 0 saturated carbocycles. The van der Waals surface area contributed by atoms with Gasteiger partial charge in [-0.1, -0.05) is 24.3 Å². The van der Waals surface area contributed by atoms with Crippen molar-refractivity contribution in [2.75, 3.05) is 12.0 Å². The van der Waals surface area contributed by atoms with E-state index in [-0.39, 0.29) is 0 Å². The number of fused-ring (bicyclic) bond motifs is 2. The molecule has 120 valence electrons. The lowest BCUT2D eigenvalue weighted by Gasteiger charge is -2.33. The predicted octanol–water partition coefficient (Wildman–Crippen LogP) is 5.89. The molecule has 0 unspecified atom stereocenters. The fraction of sp³-hybridized carbons (Fsp3) is 0.143. The van der Waals surface area contributed by atoms with Crippen LogP contribution in [0.2, 0.25) is 0 Å². The molecule has 0 spiro atoms. The summed E-state index contributed by atoms with van der Waals surface area (Å²) in [4.78, 5) is 2.20. The van der Waals surface area contributed by atoms with E-state index < -0.39 is 0 Å². The summed E-state index contributed by atoms with van der Waals surface area (Å²) in [6, 6.07) is 20.6. The van der Waals surface area contributed by atoms with Crippen molar-refractivity contribution in [1.82, 2.24) is 0 Å². The Morgan fingerprint density at radius 2 is 1.33 bits per heavy atom. The standard InChI is InChI=1S/C21H19NO2/c1-14-8-10-17-20(12-14)24-21-13-15(2)9-11-18(21)22(17)16-6-4-5-7-19(16)23-3/h4-13H,1-3H3. The molecule has 3 heteroatoms. The zero-order chi connectivity index (χ0) is 16.7. The summed E-state index contributed by atoms with van der Waals surface area (Å²) in [7, 11) is 1.70. The number of para-hydroxylation sites is 2. The van der Waals surface area contributed by atoms with Crippen LogP contribution in [0, 0.1) is 13.8 Å². The van der Waals surface area contributed by atoms with Crippen LogP contribution in [0.25, 0.3) is 0 Å². The minimum absolute atomic E-state index is 0.831. The maximum absolute atomic E-state index is 6.18. The van der Waals surface area contributed by atoms with Crippen LogP contribution >= 0.6 is 0 Å². The van der Waals surface area contributed by atoms with Gasteiger partial charge in [0.15, 0.2) is 11.5 Å². The summed E-state index contributed by atoms with van der Waals surface area (Å²) in [6.07, 6.45) is 0. The van der Waals surface area contributed by atoms with Crippen molar-refractivity contribution in [1.29, 1.82) is 0 Å². The minimum atomic E-state index is 0.831. The van der Waals surface area contributed by atoms with Gasteiger partial charge in [-0.05, 0) is 61.4 Å². The van der Waals surface area contributed by atoms with E-state index in [1.807, 2.05) is 18.2 Å². The van der Waals surface area contributed by atoms with Gasteiger partial charge in [0.05, 0.1) is 24.2 Å². The SMILES string of the molecule is COc1ccccc1N1c2ccc(C)cc2Oc2cc(C)ccc21. The van der Waals surface area contributed by atoms with Gasteiger partial charge in [0, 0.05) is 0 Å². The first-order valence-corrected chi connectivity index (χ1v) is 7.99. The second-order valence-corrected chi connectivity index (χ2v) is 6.05. The Balaban J connectivity index is 1.99. The molecule has 0 atom stereocenters. The van der Waals surface area contributed by atoms with E-state index in [1.54, 1.807) is 7.11 Å². The lowest BCUT2D eigenvalue weighted by Crippen LogP contribution is -2.16. The van der Waals surface area contributed by atoms with E-state index in [1.165, 1.54) is 11.1 Å². The topological polar surface area (TPSA) is 21.7 Å². The fourth-order valence-corrected chi connectivity index (χ4v) is 3.10. The molecule has 0 bridgehead atoms. The number of benzene rings is 3. The third-order valence-corrected chi connectivity index (χ3v) is 4.26. The average molecular weight is 317 g/mol. The molecule has 3 aromatic carbocycles. The van der Waals surface area contributed by atoms with Crippen molar-refractivity contribution in [3.63, 3.8) is 0 Å². The third-order valence-electron chi connectivity index (χ3n) is 4.26. The third kappa shape index (κ3) is 2.29. The highest BCUT2D eigenvalue weighted by atomic mass is 16.5. The Morgan fingerprint density at radius 3 is 1.92 bits per heavy atom. The number of hydrogen-bond acceptors (Lipinski definition) is 3. The summed E-state index contributed by atoms with van der Waals surface area (Å²) in [5.74, 6) is 2.55. The number of rotatable bonds is 2. The zero-order valence-electron chi connectivity index (χ0n) is 14.0. The molecule has 0 radical (unpaired) electrons. The van der Waals surface area contributed by atoms with E-state index in [4.69, 9.17) is 9.47 Å². The van der Waals surface area contributed by atoms with Gasteiger partial charge in [0.2, 0.25) is 0 Å². The Labute approximate surface area is 142 Å². The second kappa shape index (κ2) is 5.60. The van der Waals surface area contributed by atoms with Gasteiger partial charge < -0.3 is 9.47 Å². The van der Waals surface area contributed by atoms with Crippen LogP contribution in [0.5, 0.6) is 17.2 Å². The average Bonchev–Trinajstić information content (AvgIpc) is 2.59. The normalized spacial score (nSPS) is 12.2. The van der Waals surface area contributed by atoms with Gasteiger partial charge in [0.1, 0.15) is 5.75 Å². The molecule has 3 nitrogen and oxygen atoms in total. The van der Waals surface area contributed by atoms with Crippen molar-refractivity contribution < 1.29 is 9.47 Å². The van der Waals surface area contributed by atoms with Crippen LogP contribution in [0.1, 0.15) is 11.1 Å². The van der Waals surface area contributed by atoms with Crippen molar-refractivity contribution in [3.05, 3.63) is 71.8 Å². The number of anilines is 3. The summed E-state index contributed by atoms with van der Waals surface area (Å²) in [5.41, 5.74) is 5.37. The molecule has 0 saturated heterocycles. The fourth-order valence-electron chi connectivity index (χ4n) is 3.10. The highest BCUT2D eigenvalue weighted by molar-refractivity contribution is 5.88. The van der Waals surface area contributed by atoms with Crippen molar-refractivity contribution >= 4 is 17.1 Å². The molecule has 0 aliphatic carbocycles. The quantitative estimate of drug-likeness (QED) is 0.460. The minimum Gasteiger partial charge on any atom is -0.495 e. The van der Waals surface area contributed by atoms with E-state index in [0.29, 0.717) is 0 Å². The Hall–Kier alpha value is -2.94. The van der Waals surface area contributed by atoms with Gasteiger partial charge in [0.25, 0.3) is 0 Å². The smallest absolute Gasteiger partial charge is 0.151 e. The van der Waals surface area contributed by atoms with Crippen molar-refractivity contribution in [3.8, 4) is 17.2 Å². The molecule has 0 aromatic heterocycles. The summed E-state index contributed by atoms with van der Waals surface area (Å²) in [5, 5.41) is 0. The second-order valence-electron chi connectivity index (χ2n) is 6.05. The number of hydrogen-bond donors (Lipinski definition) is 0. The van der Waals surface area contributed by atoms with E-state index in [9.17, 15) is 0 Å². The number of ether oxygens (including phenoxy) is 2. The number of aryl methyl sites for hydroxylation is 2. The van der Waals surface area contributed by atoms with Crippen LogP contribution in [-0.4, -0.2) is 7.11 Å². The summed E-state index contributed by atoms with van der Waals surface area (Å²) >= 11 is 0. The molecule has 1 heterocycles. The van der Waals surface area contributed by atoms with Gasteiger partial charge >= 0.3 is 0 Å². The molecule has 0 fully saturated rings. The Bertz CT molecular complexity index is 866. The van der Waals surface area contributed by atoms with E-state index >= 15 is 0 Å². The van der Waals surface area contributed by atoms with Crippen LogP contribution in [0.4, 0.5) is 17.1 Å². The van der Waals surface area contributed by atoms with Gasteiger partial charge in [-0.25, -0.2) is 0 Å². The van der Waals surface area contributed by atoms with Crippen LogP contribution < -0.4 is 14.4 Å². The molecule has 0 amide bonds. The summed E-state index contributed by atoms with van der Waals surface area (Å²) < 4.78 is 11.8. The van der Waals surface area contributed by atoms with Crippen LogP contribution in [-0.2, 0) is 0 Å². The maximum Gasteiger partial charge on any atom is 0.151 e. The first kappa shape index (κ1) is 14.6. The van der Waals surface area contributed by atoms with Crippen LogP contribution in [0.15, 0.2) is 60.7 Å². The highest BCUT2D eigenvalue weighted by Crippen LogP contribution is 2.52. The van der Waals surface area contributed by atoms with E-state index in [2.05, 4.69) is 61.2 Å². The zero-order valence-corrected chi connectivity index (χ0v) is 14.0. The molecule has 4 rings (SSSR count). The van der Waals surface area contributed by atoms with Gasteiger partial charge in [-0.15, -0.1) is 0 Å². The largest absolute Gasteiger partial charge is 0.495 e. The summed E-state index contributed by atoms with van der Waals surface area (Å²) in [6.45, 7) is 4.14. The van der Waals surface area contributed by atoms with Crippen LogP contribution in [0.3, 0.4) is 0 Å². The lowest BCUT2D eigenvalue weighted by atomic mass is 10.1. The lowest BCUT2D eigenvalue weighted by molar-refractivity contribution is 0.415.